The van der Waals surface area contributed by atoms with Crippen molar-refractivity contribution in [2.75, 3.05) is 6.54 Å². The SMILES string of the molecule is CCCCNC(=S)N/N=C/c1c[nH]c2ccc(Br)cc12. The van der Waals surface area contributed by atoms with Crippen LogP contribution >= 0.6 is 28.1 Å². The molecule has 1 aromatic heterocycles. The summed E-state index contributed by atoms with van der Waals surface area (Å²) in [5.74, 6) is 0. The second-order valence-corrected chi connectivity index (χ2v) is 5.74. The third kappa shape index (κ3) is 4.05. The molecule has 0 amide bonds. The summed E-state index contributed by atoms with van der Waals surface area (Å²) in [6.07, 6.45) is 5.93. The van der Waals surface area contributed by atoms with Gasteiger partial charge in [-0.15, -0.1) is 0 Å². The number of rotatable bonds is 5. The minimum Gasteiger partial charge on any atom is -0.361 e. The van der Waals surface area contributed by atoms with Gasteiger partial charge in [-0.05, 0) is 36.8 Å². The first kappa shape index (κ1) is 15.0. The van der Waals surface area contributed by atoms with Crippen LogP contribution in [-0.2, 0) is 0 Å². The second-order valence-electron chi connectivity index (χ2n) is 4.41. The van der Waals surface area contributed by atoms with Crippen molar-refractivity contribution in [3.05, 3.63) is 34.4 Å². The average Bonchev–Trinajstić information content (AvgIpc) is 2.82. The number of hydrogen-bond donors (Lipinski definition) is 3. The van der Waals surface area contributed by atoms with E-state index in [1.165, 1.54) is 0 Å². The molecule has 4 nitrogen and oxygen atoms in total. The zero-order valence-corrected chi connectivity index (χ0v) is 13.6. The molecule has 1 heterocycles. The van der Waals surface area contributed by atoms with Gasteiger partial charge in [0.05, 0.1) is 6.21 Å². The van der Waals surface area contributed by atoms with Crippen LogP contribution in [0.15, 0.2) is 34.0 Å². The van der Waals surface area contributed by atoms with E-state index in [9.17, 15) is 0 Å². The Kier molecular flexibility index (Phi) is 5.55. The zero-order chi connectivity index (χ0) is 14.4. The fraction of sp³-hybridized carbons (Fsp3) is 0.286. The number of nitrogens with zero attached hydrogens (tertiary/aromatic N) is 1. The average molecular weight is 353 g/mol. The molecule has 0 fully saturated rings. The van der Waals surface area contributed by atoms with Gasteiger partial charge in [0.1, 0.15) is 0 Å². The highest BCUT2D eigenvalue weighted by atomic mass is 79.9. The first-order valence-corrected chi connectivity index (χ1v) is 7.74. The van der Waals surface area contributed by atoms with E-state index in [0.717, 1.165) is 40.3 Å². The van der Waals surface area contributed by atoms with Crippen molar-refractivity contribution in [3.63, 3.8) is 0 Å². The first-order valence-electron chi connectivity index (χ1n) is 6.54. The number of H-pyrrole nitrogens is 1. The molecule has 0 aliphatic carbocycles. The van der Waals surface area contributed by atoms with Crippen LogP contribution in [0.1, 0.15) is 25.3 Å². The molecule has 0 unspecified atom stereocenters. The summed E-state index contributed by atoms with van der Waals surface area (Å²) in [6, 6.07) is 6.09. The third-order valence-electron chi connectivity index (χ3n) is 2.86. The highest BCUT2D eigenvalue weighted by molar-refractivity contribution is 9.10. The number of aromatic amines is 1. The van der Waals surface area contributed by atoms with Crippen LogP contribution in [0.5, 0.6) is 0 Å². The topological polar surface area (TPSA) is 52.2 Å². The Labute approximate surface area is 132 Å². The van der Waals surface area contributed by atoms with Gasteiger partial charge in [-0.25, -0.2) is 0 Å². The van der Waals surface area contributed by atoms with Crippen molar-refractivity contribution in [1.82, 2.24) is 15.7 Å². The summed E-state index contributed by atoms with van der Waals surface area (Å²) in [5.41, 5.74) is 4.92. The monoisotopic (exact) mass is 352 g/mol. The van der Waals surface area contributed by atoms with Gasteiger partial charge < -0.3 is 10.3 Å². The lowest BCUT2D eigenvalue weighted by atomic mass is 10.2. The fourth-order valence-corrected chi connectivity index (χ4v) is 2.32. The molecular formula is C14H17BrN4S. The number of thiocarbonyl (C=S) groups is 1. The van der Waals surface area contributed by atoms with Crippen molar-refractivity contribution in [1.29, 1.82) is 0 Å². The van der Waals surface area contributed by atoms with E-state index in [0.29, 0.717) is 5.11 Å². The Balaban J connectivity index is 1.96. The van der Waals surface area contributed by atoms with E-state index in [2.05, 4.69) is 49.7 Å². The predicted octanol–water partition coefficient (Wildman–Crippen LogP) is 3.53. The molecule has 2 aromatic rings. The Morgan fingerprint density at radius 2 is 2.35 bits per heavy atom. The van der Waals surface area contributed by atoms with E-state index in [1.807, 2.05) is 18.3 Å². The molecule has 0 radical (unpaired) electrons. The van der Waals surface area contributed by atoms with E-state index in [-0.39, 0.29) is 0 Å². The molecule has 0 bridgehead atoms. The minimum atomic E-state index is 0.552. The lowest BCUT2D eigenvalue weighted by molar-refractivity contribution is 0.745. The Bertz CT molecular complexity index is 621. The van der Waals surface area contributed by atoms with E-state index < -0.39 is 0 Å². The Morgan fingerprint density at radius 1 is 1.50 bits per heavy atom. The molecular weight excluding hydrogens is 336 g/mol. The maximum atomic E-state index is 5.13. The predicted molar refractivity (Wildman–Crippen MR) is 92.2 cm³/mol. The quantitative estimate of drug-likeness (QED) is 0.334. The Hall–Kier alpha value is -1.40. The number of hydrazone groups is 1. The molecule has 0 aliphatic heterocycles. The number of fused-ring (bicyclic) bond motifs is 1. The lowest BCUT2D eigenvalue weighted by Gasteiger charge is -2.05. The molecule has 0 atom stereocenters. The normalized spacial score (nSPS) is 11.1. The second kappa shape index (κ2) is 7.40. The lowest BCUT2D eigenvalue weighted by Crippen LogP contribution is -2.32. The van der Waals surface area contributed by atoms with E-state index in [1.54, 1.807) is 6.21 Å². The summed E-state index contributed by atoms with van der Waals surface area (Å²) >= 11 is 8.60. The third-order valence-corrected chi connectivity index (χ3v) is 3.59. The summed E-state index contributed by atoms with van der Waals surface area (Å²) in [5, 5.41) is 8.93. The molecule has 2 rings (SSSR count). The van der Waals surface area contributed by atoms with Gasteiger partial charge in [-0.3, -0.25) is 5.43 Å². The Morgan fingerprint density at radius 3 is 3.15 bits per heavy atom. The van der Waals surface area contributed by atoms with Gasteiger partial charge in [0, 0.05) is 33.7 Å². The van der Waals surface area contributed by atoms with Crippen molar-refractivity contribution < 1.29 is 0 Å². The van der Waals surface area contributed by atoms with Crippen molar-refractivity contribution in [2.45, 2.75) is 19.8 Å². The maximum absolute atomic E-state index is 5.13. The van der Waals surface area contributed by atoms with Crippen molar-refractivity contribution >= 4 is 50.4 Å². The maximum Gasteiger partial charge on any atom is 0.186 e. The molecule has 0 saturated heterocycles. The molecule has 0 saturated carbocycles. The van der Waals surface area contributed by atoms with Gasteiger partial charge >= 0.3 is 0 Å². The summed E-state index contributed by atoms with van der Waals surface area (Å²) < 4.78 is 1.05. The number of nitrogens with one attached hydrogen (secondary N) is 3. The largest absolute Gasteiger partial charge is 0.361 e. The van der Waals surface area contributed by atoms with Crippen LogP contribution < -0.4 is 10.7 Å². The van der Waals surface area contributed by atoms with Crippen LogP contribution in [0.3, 0.4) is 0 Å². The van der Waals surface area contributed by atoms with Gasteiger partial charge in [-0.2, -0.15) is 5.10 Å². The van der Waals surface area contributed by atoms with Gasteiger partial charge in [0.15, 0.2) is 5.11 Å². The number of benzene rings is 1. The molecule has 106 valence electrons. The van der Waals surface area contributed by atoms with Crippen LogP contribution in [0.2, 0.25) is 0 Å². The highest BCUT2D eigenvalue weighted by Gasteiger charge is 2.01. The number of hydrogen-bond acceptors (Lipinski definition) is 2. The standard InChI is InChI=1S/C14H17BrN4S/c1-2-3-6-16-14(20)19-18-9-10-8-17-13-5-4-11(15)7-12(10)13/h4-5,7-9,17H,2-3,6H2,1H3,(H2,16,19,20)/b18-9+. The van der Waals surface area contributed by atoms with Crippen molar-refractivity contribution in [3.8, 4) is 0 Å². The molecule has 0 aliphatic rings. The molecule has 6 heteroatoms. The van der Waals surface area contributed by atoms with Crippen molar-refractivity contribution in [2.24, 2.45) is 5.10 Å². The highest BCUT2D eigenvalue weighted by Crippen LogP contribution is 2.21. The molecule has 20 heavy (non-hydrogen) atoms. The van der Waals surface area contributed by atoms with Crippen LogP contribution in [0.25, 0.3) is 10.9 Å². The van der Waals surface area contributed by atoms with Gasteiger partial charge in [0.25, 0.3) is 0 Å². The van der Waals surface area contributed by atoms with Crippen LogP contribution in [0, 0.1) is 0 Å². The van der Waals surface area contributed by atoms with Gasteiger partial charge in [-0.1, -0.05) is 29.3 Å². The van der Waals surface area contributed by atoms with Gasteiger partial charge in [0.2, 0.25) is 0 Å². The fourth-order valence-electron chi connectivity index (χ4n) is 1.80. The minimum absolute atomic E-state index is 0.552. The smallest absolute Gasteiger partial charge is 0.186 e. The molecule has 0 spiro atoms. The first-order chi connectivity index (χ1) is 9.70. The molecule has 3 N–H and O–H groups in total. The van der Waals surface area contributed by atoms with E-state index >= 15 is 0 Å². The summed E-state index contributed by atoms with van der Waals surface area (Å²) in [4.78, 5) is 3.21. The van der Waals surface area contributed by atoms with Crippen LogP contribution in [-0.4, -0.2) is 22.9 Å². The van der Waals surface area contributed by atoms with Crippen LogP contribution in [0.4, 0.5) is 0 Å². The number of unbranched alkanes of at least 4 members (excludes halogenated alkanes) is 1. The number of halogens is 1. The zero-order valence-electron chi connectivity index (χ0n) is 11.2. The number of aromatic nitrogens is 1. The van der Waals surface area contributed by atoms with E-state index in [4.69, 9.17) is 12.2 Å². The molecule has 1 aromatic carbocycles. The summed E-state index contributed by atoms with van der Waals surface area (Å²) in [6.45, 7) is 3.02. The summed E-state index contributed by atoms with van der Waals surface area (Å²) in [7, 11) is 0.